The average molecular weight is 324 g/mol. The quantitative estimate of drug-likeness (QED) is 0.935. The van der Waals surface area contributed by atoms with E-state index in [2.05, 4.69) is 41.5 Å². The number of nitrogens with zero attached hydrogens (tertiary/aromatic N) is 1. The average Bonchev–Trinajstić information content (AvgIpc) is 2.61. The van der Waals surface area contributed by atoms with Crippen LogP contribution < -0.4 is 5.32 Å². The van der Waals surface area contributed by atoms with Gasteiger partial charge in [0.1, 0.15) is 0 Å². The SMILES string of the molecule is Cc1ccc(C2OCCCC2CNC(=O)c2cncc(C)c2)cc1. The smallest absolute Gasteiger partial charge is 0.252 e. The van der Waals surface area contributed by atoms with Gasteiger partial charge in [0, 0.05) is 31.5 Å². The van der Waals surface area contributed by atoms with Gasteiger partial charge in [-0.25, -0.2) is 0 Å². The zero-order valence-corrected chi connectivity index (χ0v) is 14.3. The summed E-state index contributed by atoms with van der Waals surface area (Å²) < 4.78 is 6.01. The number of carbonyl (C=O) groups excluding carboxylic acids is 1. The normalized spacial score (nSPS) is 20.6. The van der Waals surface area contributed by atoms with Gasteiger partial charge in [-0.3, -0.25) is 9.78 Å². The van der Waals surface area contributed by atoms with Crippen LogP contribution in [0.2, 0.25) is 0 Å². The van der Waals surface area contributed by atoms with Crippen molar-refractivity contribution in [2.75, 3.05) is 13.2 Å². The summed E-state index contributed by atoms with van der Waals surface area (Å²) in [7, 11) is 0. The lowest BCUT2D eigenvalue weighted by Gasteiger charge is -2.32. The van der Waals surface area contributed by atoms with Crippen molar-refractivity contribution in [3.63, 3.8) is 0 Å². The molecule has 2 aromatic rings. The number of pyridine rings is 1. The molecular weight excluding hydrogens is 300 g/mol. The number of hydrogen-bond acceptors (Lipinski definition) is 3. The summed E-state index contributed by atoms with van der Waals surface area (Å²) in [6.45, 7) is 5.42. The van der Waals surface area contributed by atoms with Crippen LogP contribution in [0.5, 0.6) is 0 Å². The Bertz CT molecular complexity index is 697. The van der Waals surface area contributed by atoms with Gasteiger partial charge in [-0.2, -0.15) is 0 Å². The number of nitrogens with one attached hydrogen (secondary N) is 1. The summed E-state index contributed by atoms with van der Waals surface area (Å²) in [6, 6.07) is 10.3. The van der Waals surface area contributed by atoms with Gasteiger partial charge in [0.2, 0.25) is 0 Å². The molecule has 3 rings (SSSR count). The van der Waals surface area contributed by atoms with E-state index in [1.165, 1.54) is 11.1 Å². The summed E-state index contributed by atoms with van der Waals surface area (Å²) in [5.74, 6) is 0.225. The number of amides is 1. The fourth-order valence-corrected chi connectivity index (χ4v) is 3.18. The number of hydrogen-bond donors (Lipinski definition) is 1. The molecule has 0 aliphatic carbocycles. The van der Waals surface area contributed by atoms with Gasteiger partial charge in [-0.15, -0.1) is 0 Å². The van der Waals surface area contributed by atoms with Crippen molar-refractivity contribution in [3.8, 4) is 0 Å². The number of aromatic nitrogens is 1. The molecule has 1 aromatic carbocycles. The van der Waals surface area contributed by atoms with E-state index in [1.807, 2.05) is 13.0 Å². The third kappa shape index (κ3) is 4.01. The van der Waals surface area contributed by atoms with Crippen molar-refractivity contribution < 1.29 is 9.53 Å². The largest absolute Gasteiger partial charge is 0.373 e. The van der Waals surface area contributed by atoms with Crippen LogP contribution in [-0.4, -0.2) is 24.0 Å². The molecule has 4 nitrogen and oxygen atoms in total. The number of ether oxygens (including phenoxy) is 1. The minimum Gasteiger partial charge on any atom is -0.373 e. The molecule has 24 heavy (non-hydrogen) atoms. The van der Waals surface area contributed by atoms with Gasteiger partial charge in [-0.05, 0) is 43.9 Å². The predicted molar refractivity (Wildman–Crippen MR) is 93.9 cm³/mol. The first-order chi connectivity index (χ1) is 11.6. The van der Waals surface area contributed by atoms with Crippen molar-refractivity contribution in [2.45, 2.75) is 32.8 Å². The molecular formula is C20H24N2O2. The zero-order valence-electron chi connectivity index (χ0n) is 14.3. The van der Waals surface area contributed by atoms with Crippen LogP contribution >= 0.6 is 0 Å². The summed E-state index contributed by atoms with van der Waals surface area (Å²) in [5.41, 5.74) is 4.03. The molecule has 1 amide bonds. The van der Waals surface area contributed by atoms with Crippen LogP contribution in [0, 0.1) is 19.8 Å². The van der Waals surface area contributed by atoms with Crippen molar-refractivity contribution in [1.29, 1.82) is 0 Å². The minimum atomic E-state index is -0.0700. The molecule has 1 aromatic heterocycles. The lowest BCUT2D eigenvalue weighted by atomic mass is 9.89. The second-order valence-electron chi connectivity index (χ2n) is 6.57. The van der Waals surface area contributed by atoms with Crippen LogP contribution in [0.1, 0.15) is 46.0 Å². The van der Waals surface area contributed by atoms with E-state index in [4.69, 9.17) is 4.74 Å². The Morgan fingerprint density at radius 2 is 2.00 bits per heavy atom. The third-order valence-electron chi connectivity index (χ3n) is 4.51. The zero-order chi connectivity index (χ0) is 16.9. The van der Waals surface area contributed by atoms with E-state index in [-0.39, 0.29) is 12.0 Å². The number of rotatable bonds is 4. The Labute approximate surface area is 143 Å². The van der Waals surface area contributed by atoms with Gasteiger partial charge in [0.25, 0.3) is 5.91 Å². The van der Waals surface area contributed by atoms with E-state index >= 15 is 0 Å². The first kappa shape index (κ1) is 16.7. The van der Waals surface area contributed by atoms with Crippen LogP contribution in [-0.2, 0) is 4.74 Å². The highest BCUT2D eigenvalue weighted by atomic mass is 16.5. The second-order valence-corrected chi connectivity index (χ2v) is 6.57. The van der Waals surface area contributed by atoms with Gasteiger partial charge in [0.15, 0.2) is 0 Å². The Balaban J connectivity index is 1.66. The molecule has 0 bridgehead atoms. The maximum atomic E-state index is 12.3. The highest BCUT2D eigenvalue weighted by Gasteiger charge is 2.27. The van der Waals surface area contributed by atoms with Gasteiger partial charge < -0.3 is 10.1 Å². The maximum absolute atomic E-state index is 12.3. The van der Waals surface area contributed by atoms with E-state index < -0.39 is 0 Å². The molecule has 2 atom stereocenters. The van der Waals surface area contributed by atoms with Crippen LogP contribution in [0.3, 0.4) is 0 Å². The van der Waals surface area contributed by atoms with Crippen molar-refractivity contribution in [3.05, 3.63) is 65.0 Å². The van der Waals surface area contributed by atoms with Crippen molar-refractivity contribution in [2.24, 2.45) is 5.92 Å². The fraction of sp³-hybridized carbons (Fsp3) is 0.400. The second kappa shape index (κ2) is 7.58. The third-order valence-corrected chi connectivity index (χ3v) is 4.51. The Morgan fingerprint density at radius 3 is 2.75 bits per heavy atom. The predicted octanol–water partition coefficient (Wildman–Crippen LogP) is 3.60. The first-order valence-electron chi connectivity index (χ1n) is 8.51. The lowest BCUT2D eigenvalue weighted by Crippen LogP contribution is -2.35. The van der Waals surface area contributed by atoms with E-state index in [9.17, 15) is 4.79 Å². The van der Waals surface area contributed by atoms with Gasteiger partial charge in [0.05, 0.1) is 11.7 Å². The number of benzene rings is 1. The highest BCUT2D eigenvalue weighted by Crippen LogP contribution is 2.33. The molecule has 1 fully saturated rings. The summed E-state index contributed by atoms with van der Waals surface area (Å²) in [6.07, 6.45) is 5.51. The monoisotopic (exact) mass is 324 g/mol. The van der Waals surface area contributed by atoms with Crippen LogP contribution in [0.15, 0.2) is 42.7 Å². The summed E-state index contributed by atoms with van der Waals surface area (Å²) >= 11 is 0. The molecule has 1 aliphatic rings. The molecule has 2 unspecified atom stereocenters. The molecule has 1 aliphatic heterocycles. The van der Waals surface area contributed by atoms with E-state index in [0.717, 1.165) is 25.0 Å². The molecule has 4 heteroatoms. The Kier molecular flexibility index (Phi) is 5.26. The van der Waals surface area contributed by atoms with Gasteiger partial charge in [-0.1, -0.05) is 29.8 Å². The molecule has 0 radical (unpaired) electrons. The molecule has 1 saturated heterocycles. The number of aryl methyl sites for hydroxylation is 2. The fourth-order valence-electron chi connectivity index (χ4n) is 3.18. The Morgan fingerprint density at radius 1 is 1.21 bits per heavy atom. The topological polar surface area (TPSA) is 51.2 Å². The molecule has 0 spiro atoms. The van der Waals surface area contributed by atoms with Crippen molar-refractivity contribution in [1.82, 2.24) is 10.3 Å². The van der Waals surface area contributed by atoms with Gasteiger partial charge >= 0.3 is 0 Å². The molecule has 126 valence electrons. The number of carbonyl (C=O) groups is 1. The first-order valence-corrected chi connectivity index (χ1v) is 8.51. The van der Waals surface area contributed by atoms with E-state index in [0.29, 0.717) is 18.0 Å². The van der Waals surface area contributed by atoms with Crippen LogP contribution in [0.25, 0.3) is 0 Å². The molecule has 1 N–H and O–H groups in total. The Hall–Kier alpha value is -2.20. The van der Waals surface area contributed by atoms with Crippen LogP contribution in [0.4, 0.5) is 0 Å². The summed E-state index contributed by atoms with van der Waals surface area (Å²) in [5, 5.41) is 3.05. The maximum Gasteiger partial charge on any atom is 0.252 e. The van der Waals surface area contributed by atoms with Crippen molar-refractivity contribution >= 4 is 5.91 Å². The van der Waals surface area contributed by atoms with E-state index in [1.54, 1.807) is 12.4 Å². The minimum absolute atomic E-state index is 0.0512. The highest BCUT2D eigenvalue weighted by molar-refractivity contribution is 5.93. The summed E-state index contributed by atoms with van der Waals surface area (Å²) in [4.78, 5) is 16.4. The molecule has 2 heterocycles. The standard InChI is InChI=1S/C20H24N2O2/c1-14-5-7-16(8-6-14)19-17(4-3-9-24-19)13-22-20(23)18-10-15(2)11-21-12-18/h5-8,10-12,17,19H,3-4,9,13H2,1-2H3,(H,22,23). The lowest BCUT2D eigenvalue weighted by molar-refractivity contribution is -0.0272. The molecule has 0 saturated carbocycles.